The molecule has 0 spiro atoms. The van der Waals surface area contributed by atoms with Crippen molar-refractivity contribution in [1.82, 2.24) is 0 Å². The average molecular weight is 157 g/mol. The molecule has 4 nitrogen and oxygen atoms in total. The second kappa shape index (κ2) is 2.90. The van der Waals surface area contributed by atoms with Gasteiger partial charge < -0.3 is 10.8 Å². The van der Waals surface area contributed by atoms with E-state index < -0.39 is 23.7 Å². The molecular formula is C7H11NO3. The largest absolute Gasteiger partial charge is 0.481 e. The molecule has 4 heteroatoms. The average Bonchev–Trinajstić information content (AvgIpc) is 2.32. The van der Waals surface area contributed by atoms with E-state index in [1.807, 2.05) is 0 Å². The highest BCUT2D eigenvalue weighted by Crippen LogP contribution is 2.31. The lowest BCUT2D eigenvalue weighted by atomic mass is 9.96. The monoisotopic (exact) mass is 157 g/mol. The van der Waals surface area contributed by atoms with Crippen molar-refractivity contribution in [3.05, 3.63) is 0 Å². The van der Waals surface area contributed by atoms with Crippen molar-refractivity contribution in [1.29, 1.82) is 0 Å². The van der Waals surface area contributed by atoms with Crippen LogP contribution in [0, 0.1) is 11.8 Å². The summed E-state index contributed by atoms with van der Waals surface area (Å²) in [5, 5.41) is 8.62. The number of rotatable bonds is 2. The maximum Gasteiger partial charge on any atom is 0.307 e. The summed E-state index contributed by atoms with van der Waals surface area (Å²) < 4.78 is 0. The second-order valence-corrected chi connectivity index (χ2v) is 2.88. The molecule has 1 amide bonds. The van der Waals surface area contributed by atoms with Gasteiger partial charge in [-0.15, -0.1) is 0 Å². The Morgan fingerprint density at radius 2 is 1.82 bits per heavy atom. The highest BCUT2D eigenvalue weighted by atomic mass is 16.4. The first kappa shape index (κ1) is 8.04. The van der Waals surface area contributed by atoms with Gasteiger partial charge in [-0.25, -0.2) is 0 Å². The van der Waals surface area contributed by atoms with Crippen LogP contribution in [0.3, 0.4) is 0 Å². The van der Waals surface area contributed by atoms with E-state index in [-0.39, 0.29) is 0 Å². The fraction of sp³-hybridized carbons (Fsp3) is 0.714. The summed E-state index contributed by atoms with van der Waals surface area (Å²) in [5.74, 6) is -2.35. The lowest BCUT2D eigenvalue weighted by Gasteiger charge is -2.10. The fourth-order valence-corrected chi connectivity index (χ4v) is 1.60. The van der Waals surface area contributed by atoms with Gasteiger partial charge in [-0.2, -0.15) is 0 Å². The molecule has 0 saturated heterocycles. The van der Waals surface area contributed by atoms with Gasteiger partial charge in [0, 0.05) is 0 Å². The third-order valence-electron chi connectivity index (χ3n) is 2.20. The Hall–Kier alpha value is -1.06. The molecule has 0 aliphatic heterocycles. The lowest BCUT2D eigenvalue weighted by molar-refractivity contribution is -0.145. The van der Waals surface area contributed by atoms with E-state index in [9.17, 15) is 9.59 Å². The van der Waals surface area contributed by atoms with Gasteiger partial charge in [0.25, 0.3) is 0 Å². The Balaban J connectivity index is 2.65. The van der Waals surface area contributed by atoms with E-state index in [1.165, 1.54) is 0 Å². The van der Waals surface area contributed by atoms with Crippen LogP contribution in [0.5, 0.6) is 0 Å². The maximum atomic E-state index is 10.7. The van der Waals surface area contributed by atoms with Crippen LogP contribution in [-0.4, -0.2) is 17.0 Å². The normalized spacial score (nSPS) is 30.2. The van der Waals surface area contributed by atoms with Gasteiger partial charge in [-0.3, -0.25) is 9.59 Å². The molecule has 1 fully saturated rings. The van der Waals surface area contributed by atoms with Crippen LogP contribution in [-0.2, 0) is 9.59 Å². The summed E-state index contributed by atoms with van der Waals surface area (Å²) in [6, 6.07) is 0. The molecule has 1 rings (SSSR count). The van der Waals surface area contributed by atoms with Crippen molar-refractivity contribution in [3.8, 4) is 0 Å². The number of hydrogen-bond donors (Lipinski definition) is 2. The Labute approximate surface area is 64.4 Å². The van der Waals surface area contributed by atoms with Gasteiger partial charge in [-0.1, -0.05) is 6.42 Å². The van der Waals surface area contributed by atoms with E-state index in [0.717, 1.165) is 6.42 Å². The number of nitrogens with two attached hydrogens (primary N) is 1. The molecular weight excluding hydrogens is 146 g/mol. The predicted molar refractivity (Wildman–Crippen MR) is 37.7 cm³/mol. The lowest BCUT2D eigenvalue weighted by Crippen LogP contribution is -2.30. The van der Waals surface area contributed by atoms with Crippen LogP contribution < -0.4 is 5.73 Å². The number of primary amides is 1. The molecule has 1 saturated carbocycles. The maximum absolute atomic E-state index is 10.7. The molecule has 0 bridgehead atoms. The second-order valence-electron chi connectivity index (χ2n) is 2.88. The molecule has 1 aliphatic carbocycles. The quantitative estimate of drug-likeness (QED) is 0.590. The standard InChI is InChI=1S/C7H11NO3/c8-6(9)4-2-1-3-5(4)7(10)11/h4-5H,1-3H2,(H2,8,9)(H,10,11)/t4-,5-/m1/s1. The number of carbonyl (C=O) groups is 2. The number of amides is 1. The topological polar surface area (TPSA) is 80.4 Å². The SMILES string of the molecule is NC(=O)[C@@H]1CCC[C@H]1C(=O)O. The number of hydrogen-bond acceptors (Lipinski definition) is 2. The van der Waals surface area contributed by atoms with Crippen molar-refractivity contribution < 1.29 is 14.7 Å². The van der Waals surface area contributed by atoms with Gasteiger partial charge in [-0.05, 0) is 12.8 Å². The first-order chi connectivity index (χ1) is 5.13. The minimum atomic E-state index is -0.897. The molecule has 0 aromatic carbocycles. The molecule has 2 atom stereocenters. The molecule has 1 aliphatic rings. The third kappa shape index (κ3) is 1.50. The van der Waals surface area contributed by atoms with Crippen molar-refractivity contribution in [2.45, 2.75) is 19.3 Å². The molecule has 0 aromatic rings. The van der Waals surface area contributed by atoms with E-state index in [0.29, 0.717) is 12.8 Å². The zero-order chi connectivity index (χ0) is 8.43. The fourth-order valence-electron chi connectivity index (χ4n) is 1.60. The first-order valence-electron chi connectivity index (χ1n) is 3.65. The summed E-state index contributed by atoms with van der Waals surface area (Å²) in [6.45, 7) is 0. The molecule has 0 radical (unpaired) electrons. The highest BCUT2D eigenvalue weighted by Gasteiger charge is 2.36. The highest BCUT2D eigenvalue weighted by molar-refractivity contribution is 5.83. The Morgan fingerprint density at radius 1 is 1.27 bits per heavy atom. The zero-order valence-corrected chi connectivity index (χ0v) is 6.12. The van der Waals surface area contributed by atoms with Crippen LogP contribution >= 0.6 is 0 Å². The van der Waals surface area contributed by atoms with Crippen molar-refractivity contribution >= 4 is 11.9 Å². The summed E-state index contributed by atoms with van der Waals surface area (Å²) in [5.41, 5.74) is 5.02. The molecule has 11 heavy (non-hydrogen) atoms. The van der Waals surface area contributed by atoms with Crippen molar-refractivity contribution in [2.75, 3.05) is 0 Å². The van der Waals surface area contributed by atoms with Crippen LogP contribution in [0.15, 0.2) is 0 Å². The Morgan fingerprint density at radius 3 is 2.18 bits per heavy atom. The van der Waals surface area contributed by atoms with E-state index in [2.05, 4.69) is 0 Å². The van der Waals surface area contributed by atoms with Crippen molar-refractivity contribution in [3.63, 3.8) is 0 Å². The Kier molecular flexibility index (Phi) is 2.12. The minimum Gasteiger partial charge on any atom is -0.481 e. The van der Waals surface area contributed by atoms with Crippen LogP contribution in [0.25, 0.3) is 0 Å². The number of carbonyl (C=O) groups excluding carboxylic acids is 1. The summed E-state index contributed by atoms with van der Waals surface area (Å²) in [6.07, 6.45) is 2.01. The van der Waals surface area contributed by atoms with Crippen LogP contribution in [0.4, 0.5) is 0 Å². The van der Waals surface area contributed by atoms with E-state index in [1.54, 1.807) is 0 Å². The predicted octanol–water partition coefficient (Wildman–Crippen LogP) is -0.0274. The van der Waals surface area contributed by atoms with Gasteiger partial charge in [0.2, 0.25) is 5.91 Å². The molecule has 0 heterocycles. The molecule has 0 aromatic heterocycles. The minimum absolute atomic E-state index is 0.438. The van der Waals surface area contributed by atoms with Crippen LogP contribution in [0.2, 0.25) is 0 Å². The molecule has 3 N–H and O–H groups in total. The number of carboxylic acids is 1. The summed E-state index contributed by atoms with van der Waals surface area (Å²) in [7, 11) is 0. The van der Waals surface area contributed by atoms with Crippen molar-refractivity contribution in [2.24, 2.45) is 17.6 Å². The van der Waals surface area contributed by atoms with Gasteiger partial charge in [0.05, 0.1) is 11.8 Å². The van der Waals surface area contributed by atoms with Gasteiger partial charge in [0.1, 0.15) is 0 Å². The van der Waals surface area contributed by atoms with Gasteiger partial charge >= 0.3 is 5.97 Å². The number of carboxylic acid groups (broad SMARTS) is 1. The van der Waals surface area contributed by atoms with E-state index >= 15 is 0 Å². The first-order valence-corrected chi connectivity index (χ1v) is 3.65. The number of aliphatic carboxylic acids is 1. The van der Waals surface area contributed by atoms with E-state index in [4.69, 9.17) is 10.8 Å². The zero-order valence-electron chi connectivity index (χ0n) is 6.12. The smallest absolute Gasteiger partial charge is 0.307 e. The van der Waals surface area contributed by atoms with Crippen LogP contribution in [0.1, 0.15) is 19.3 Å². The molecule has 0 unspecified atom stereocenters. The molecule has 62 valence electrons. The Bertz CT molecular complexity index is 170. The summed E-state index contributed by atoms with van der Waals surface area (Å²) in [4.78, 5) is 21.2. The summed E-state index contributed by atoms with van der Waals surface area (Å²) >= 11 is 0. The van der Waals surface area contributed by atoms with Gasteiger partial charge in [0.15, 0.2) is 0 Å². The third-order valence-corrected chi connectivity index (χ3v) is 2.20.